The van der Waals surface area contributed by atoms with Crippen LogP contribution in [0.3, 0.4) is 0 Å². The Kier molecular flexibility index (Phi) is 4.93. The molecule has 0 bridgehead atoms. The number of methoxy groups -OCH3 is 1. The predicted octanol–water partition coefficient (Wildman–Crippen LogP) is 6.23. The minimum absolute atomic E-state index is 0.0199. The fraction of sp³-hybridized carbons (Fsp3) is 0.958. The van der Waals surface area contributed by atoms with Crippen LogP contribution in [0.1, 0.15) is 91.4 Å². The summed E-state index contributed by atoms with van der Waals surface area (Å²) in [4.78, 5) is 11.8. The van der Waals surface area contributed by atoms with Gasteiger partial charge in [0.05, 0.1) is 7.11 Å². The molecule has 0 aromatic rings. The third kappa shape index (κ3) is 2.76. The van der Waals surface area contributed by atoms with Gasteiger partial charge in [0, 0.05) is 6.42 Å². The van der Waals surface area contributed by atoms with Gasteiger partial charge in [-0.15, -0.1) is 0 Å². The molecular formula is C24H40O2. The minimum Gasteiger partial charge on any atom is -0.469 e. The molecule has 0 radical (unpaired) electrons. The standard InChI is InChI=1S/C24H40O2/c1-16(15-22(25)26-4)19-10-11-20-18-9-8-17-7-5-6-13-23(17,2)21(18)12-14-24(19,20)3/h16-21H,5-15H2,1-4H3. The number of carbonyl (C=O) groups is 1. The highest BCUT2D eigenvalue weighted by Crippen LogP contribution is 2.68. The molecule has 0 aliphatic heterocycles. The zero-order valence-corrected chi connectivity index (χ0v) is 17.6. The monoisotopic (exact) mass is 360 g/mol. The molecule has 4 saturated carbocycles. The highest BCUT2D eigenvalue weighted by Gasteiger charge is 2.60. The van der Waals surface area contributed by atoms with Crippen molar-refractivity contribution in [3.8, 4) is 0 Å². The van der Waals surface area contributed by atoms with Crippen LogP contribution in [0.25, 0.3) is 0 Å². The Balaban J connectivity index is 1.53. The summed E-state index contributed by atoms with van der Waals surface area (Å²) < 4.78 is 4.97. The molecule has 0 heterocycles. The number of hydrogen-bond donors (Lipinski definition) is 0. The van der Waals surface area contributed by atoms with E-state index in [9.17, 15) is 4.79 Å². The van der Waals surface area contributed by atoms with Crippen molar-refractivity contribution >= 4 is 5.97 Å². The van der Waals surface area contributed by atoms with E-state index in [1.165, 1.54) is 71.3 Å². The summed E-state index contributed by atoms with van der Waals surface area (Å²) in [6.07, 6.45) is 15.1. The van der Waals surface area contributed by atoms with Crippen molar-refractivity contribution in [1.82, 2.24) is 0 Å². The number of ether oxygens (including phenoxy) is 1. The van der Waals surface area contributed by atoms with Gasteiger partial charge < -0.3 is 4.74 Å². The smallest absolute Gasteiger partial charge is 0.305 e. The first kappa shape index (κ1) is 18.8. The summed E-state index contributed by atoms with van der Waals surface area (Å²) in [7, 11) is 1.53. The van der Waals surface area contributed by atoms with Crippen molar-refractivity contribution in [2.75, 3.05) is 7.11 Å². The van der Waals surface area contributed by atoms with Crippen molar-refractivity contribution in [2.24, 2.45) is 46.3 Å². The van der Waals surface area contributed by atoms with Gasteiger partial charge in [-0.2, -0.15) is 0 Å². The Morgan fingerprint density at radius 1 is 0.962 bits per heavy atom. The SMILES string of the molecule is COC(=O)CC(C)C1CCC2C3CCC4CCCCC4(C)C3CCC12C. The molecule has 4 aliphatic rings. The average molecular weight is 361 g/mol. The van der Waals surface area contributed by atoms with E-state index in [0.717, 1.165) is 23.7 Å². The largest absolute Gasteiger partial charge is 0.469 e. The Bertz CT molecular complexity index is 542. The molecule has 2 nitrogen and oxygen atoms in total. The van der Waals surface area contributed by atoms with Gasteiger partial charge in [0.1, 0.15) is 0 Å². The third-order valence-electron chi connectivity index (χ3n) is 10.1. The maximum Gasteiger partial charge on any atom is 0.305 e. The topological polar surface area (TPSA) is 26.3 Å². The molecule has 0 aromatic heterocycles. The van der Waals surface area contributed by atoms with E-state index in [1.54, 1.807) is 0 Å². The van der Waals surface area contributed by atoms with Gasteiger partial charge in [-0.3, -0.25) is 4.79 Å². The molecule has 4 aliphatic carbocycles. The van der Waals surface area contributed by atoms with Crippen molar-refractivity contribution in [3.63, 3.8) is 0 Å². The van der Waals surface area contributed by atoms with Gasteiger partial charge in [-0.05, 0) is 97.7 Å². The van der Waals surface area contributed by atoms with E-state index < -0.39 is 0 Å². The second-order valence-corrected chi connectivity index (χ2v) is 10.9. The van der Waals surface area contributed by atoms with Gasteiger partial charge >= 0.3 is 5.97 Å². The number of rotatable bonds is 3. The normalized spacial score (nSPS) is 48.8. The second kappa shape index (κ2) is 6.82. The average Bonchev–Trinajstić information content (AvgIpc) is 2.98. The Hall–Kier alpha value is -0.530. The zero-order chi connectivity index (χ0) is 18.5. The summed E-state index contributed by atoms with van der Waals surface area (Å²) in [5.74, 6) is 5.02. The van der Waals surface area contributed by atoms with Gasteiger partial charge in [0.25, 0.3) is 0 Å². The Morgan fingerprint density at radius 3 is 2.50 bits per heavy atom. The molecule has 4 rings (SSSR count). The summed E-state index contributed by atoms with van der Waals surface area (Å²) in [5, 5.41) is 0. The van der Waals surface area contributed by atoms with Crippen LogP contribution in [0.5, 0.6) is 0 Å². The molecule has 2 heteroatoms. The first-order chi connectivity index (χ1) is 12.4. The first-order valence-electron chi connectivity index (χ1n) is 11.5. The van der Waals surface area contributed by atoms with E-state index in [0.29, 0.717) is 29.1 Å². The highest BCUT2D eigenvalue weighted by molar-refractivity contribution is 5.69. The number of carbonyl (C=O) groups excluding carboxylic acids is 1. The fourth-order valence-electron chi connectivity index (χ4n) is 8.76. The number of fused-ring (bicyclic) bond motifs is 5. The molecule has 0 saturated heterocycles. The van der Waals surface area contributed by atoms with Crippen LogP contribution in [0.15, 0.2) is 0 Å². The molecule has 26 heavy (non-hydrogen) atoms. The first-order valence-corrected chi connectivity index (χ1v) is 11.5. The van der Waals surface area contributed by atoms with E-state index >= 15 is 0 Å². The molecular weight excluding hydrogens is 320 g/mol. The second-order valence-electron chi connectivity index (χ2n) is 10.9. The lowest BCUT2D eigenvalue weighted by atomic mass is 9.44. The van der Waals surface area contributed by atoms with Crippen LogP contribution in [-0.4, -0.2) is 13.1 Å². The van der Waals surface area contributed by atoms with Crippen LogP contribution in [0.4, 0.5) is 0 Å². The molecule has 0 aromatic carbocycles. The minimum atomic E-state index is -0.0199. The lowest BCUT2D eigenvalue weighted by Gasteiger charge is -2.60. The van der Waals surface area contributed by atoms with Crippen molar-refractivity contribution in [2.45, 2.75) is 91.4 Å². The Morgan fingerprint density at radius 2 is 1.73 bits per heavy atom. The highest BCUT2D eigenvalue weighted by atomic mass is 16.5. The van der Waals surface area contributed by atoms with Crippen LogP contribution < -0.4 is 0 Å². The predicted molar refractivity (Wildman–Crippen MR) is 106 cm³/mol. The van der Waals surface area contributed by atoms with Gasteiger partial charge in [0.2, 0.25) is 0 Å². The lowest BCUT2D eigenvalue weighted by molar-refractivity contribution is -0.143. The van der Waals surface area contributed by atoms with Crippen LogP contribution >= 0.6 is 0 Å². The van der Waals surface area contributed by atoms with Crippen LogP contribution in [-0.2, 0) is 9.53 Å². The van der Waals surface area contributed by atoms with Gasteiger partial charge in [-0.1, -0.05) is 33.6 Å². The molecule has 8 unspecified atom stereocenters. The maximum atomic E-state index is 11.8. The molecule has 0 spiro atoms. The van der Waals surface area contributed by atoms with E-state index in [1.807, 2.05) is 0 Å². The molecule has 148 valence electrons. The zero-order valence-electron chi connectivity index (χ0n) is 17.6. The van der Waals surface area contributed by atoms with Gasteiger partial charge in [-0.25, -0.2) is 0 Å². The molecule has 0 amide bonds. The lowest BCUT2D eigenvalue weighted by Crippen LogP contribution is -2.53. The third-order valence-corrected chi connectivity index (χ3v) is 10.1. The quantitative estimate of drug-likeness (QED) is 0.557. The van der Waals surface area contributed by atoms with E-state index in [2.05, 4.69) is 20.8 Å². The number of esters is 1. The Labute approximate surface area is 160 Å². The maximum absolute atomic E-state index is 11.8. The van der Waals surface area contributed by atoms with Crippen molar-refractivity contribution < 1.29 is 9.53 Å². The molecule has 4 fully saturated rings. The van der Waals surface area contributed by atoms with Crippen LogP contribution in [0, 0.1) is 46.3 Å². The van der Waals surface area contributed by atoms with E-state index in [4.69, 9.17) is 4.74 Å². The summed E-state index contributed by atoms with van der Waals surface area (Å²) in [6.45, 7) is 7.57. The van der Waals surface area contributed by atoms with Crippen LogP contribution in [0.2, 0.25) is 0 Å². The summed E-state index contributed by atoms with van der Waals surface area (Å²) in [5.41, 5.74) is 1.10. The fourth-order valence-corrected chi connectivity index (χ4v) is 8.76. The molecule has 0 N–H and O–H groups in total. The summed E-state index contributed by atoms with van der Waals surface area (Å²) in [6, 6.07) is 0. The van der Waals surface area contributed by atoms with Crippen molar-refractivity contribution in [3.05, 3.63) is 0 Å². The molecule has 8 atom stereocenters. The number of hydrogen-bond acceptors (Lipinski definition) is 2. The van der Waals surface area contributed by atoms with E-state index in [-0.39, 0.29) is 5.97 Å². The summed E-state index contributed by atoms with van der Waals surface area (Å²) >= 11 is 0. The van der Waals surface area contributed by atoms with Crippen molar-refractivity contribution in [1.29, 1.82) is 0 Å². The van der Waals surface area contributed by atoms with Gasteiger partial charge in [0.15, 0.2) is 0 Å².